The van der Waals surface area contributed by atoms with Gasteiger partial charge in [0.2, 0.25) is 0 Å². The largest absolute Gasteiger partial charge is 0.310 e. The van der Waals surface area contributed by atoms with Crippen molar-refractivity contribution in [2.24, 2.45) is 0 Å². The van der Waals surface area contributed by atoms with Gasteiger partial charge in [0.15, 0.2) is 11.6 Å². The molecule has 0 saturated carbocycles. The minimum Gasteiger partial charge on any atom is -0.310 e. The number of halogens is 3. The van der Waals surface area contributed by atoms with Gasteiger partial charge in [-0.05, 0) is 36.7 Å². The number of nitrogens with one attached hydrogen (secondary N) is 1. The van der Waals surface area contributed by atoms with Crippen molar-refractivity contribution in [1.82, 2.24) is 5.32 Å². The van der Waals surface area contributed by atoms with Crippen LogP contribution in [-0.2, 0) is 0 Å². The molecule has 0 fully saturated rings. The third-order valence-electron chi connectivity index (χ3n) is 3.24. The molecule has 0 bridgehead atoms. The SMILES string of the molecule is CCNC(C)c1ccccc1-c1cc(F)c(F)cc1Cl. The third kappa shape index (κ3) is 3.00. The van der Waals surface area contributed by atoms with Crippen LogP contribution in [0.4, 0.5) is 8.78 Å². The molecule has 4 heteroatoms. The van der Waals surface area contributed by atoms with Crippen LogP contribution >= 0.6 is 11.6 Å². The highest BCUT2D eigenvalue weighted by molar-refractivity contribution is 6.33. The van der Waals surface area contributed by atoms with Gasteiger partial charge in [0.05, 0.1) is 5.02 Å². The fourth-order valence-corrected chi connectivity index (χ4v) is 2.52. The standard InChI is InChI=1S/C16H16ClF2N/c1-3-20-10(2)11-6-4-5-7-12(11)13-8-15(18)16(19)9-14(13)17/h4-10,20H,3H2,1-2H3. The summed E-state index contributed by atoms with van der Waals surface area (Å²) in [6.45, 7) is 4.86. The van der Waals surface area contributed by atoms with E-state index < -0.39 is 11.6 Å². The molecule has 1 N–H and O–H groups in total. The molecule has 0 heterocycles. The highest BCUT2D eigenvalue weighted by Gasteiger charge is 2.15. The van der Waals surface area contributed by atoms with Gasteiger partial charge >= 0.3 is 0 Å². The van der Waals surface area contributed by atoms with Crippen LogP contribution in [-0.4, -0.2) is 6.54 Å². The lowest BCUT2D eigenvalue weighted by Gasteiger charge is -2.18. The van der Waals surface area contributed by atoms with Gasteiger partial charge in [-0.25, -0.2) is 8.78 Å². The highest BCUT2D eigenvalue weighted by atomic mass is 35.5. The van der Waals surface area contributed by atoms with Crippen molar-refractivity contribution in [2.45, 2.75) is 19.9 Å². The average Bonchev–Trinajstić information content (AvgIpc) is 2.43. The molecule has 0 aliphatic carbocycles. The Morgan fingerprint density at radius 3 is 2.45 bits per heavy atom. The van der Waals surface area contributed by atoms with Gasteiger partial charge in [0.25, 0.3) is 0 Å². The predicted octanol–water partition coefficient (Wildman–Crippen LogP) is 4.96. The minimum atomic E-state index is -0.934. The predicted molar refractivity (Wildman–Crippen MR) is 78.9 cm³/mol. The Hall–Kier alpha value is -1.45. The summed E-state index contributed by atoms with van der Waals surface area (Å²) < 4.78 is 26.7. The van der Waals surface area contributed by atoms with E-state index in [0.29, 0.717) is 5.56 Å². The van der Waals surface area contributed by atoms with E-state index in [1.807, 2.05) is 38.1 Å². The molecule has 106 valence electrons. The summed E-state index contributed by atoms with van der Waals surface area (Å²) in [4.78, 5) is 0. The van der Waals surface area contributed by atoms with E-state index in [4.69, 9.17) is 11.6 Å². The quantitative estimate of drug-likeness (QED) is 0.787. The molecule has 1 unspecified atom stereocenters. The van der Waals surface area contributed by atoms with Crippen molar-refractivity contribution >= 4 is 11.6 Å². The molecule has 0 radical (unpaired) electrons. The molecule has 2 aromatic rings. The van der Waals surface area contributed by atoms with Crippen LogP contribution in [0.3, 0.4) is 0 Å². The van der Waals surface area contributed by atoms with Gasteiger partial charge in [-0.3, -0.25) is 0 Å². The molecule has 1 atom stereocenters. The monoisotopic (exact) mass is 295 g/mol. The fraction of sp³-hybridized carbons (Fsp3) is 0.250. The van der Waals surface area contributed by atoms with Crippen LogP contribution in [0.25, 0.3) is 11.1 Å². The summed E-state index contributed by atoms with van der Waals surface area (Å²) >= 11 is 6.06. The maximum atomic E-state index is 13.5. The molecule has 20 heavy (non-hydrogen) atoms. The third-order valence-corrected chi connectivity index (χ3v) is 3.55. The van der Waals surface area contributed by atoms with Gasteiger partial charge in [0.1, 0.15) is 0 Å². The number of rotatable bonds is 4. The van der Waals surface area contributed by atoms with Crippen molar-refractivity contribution < 1.29 is 8.78 Å². The summed E-state index contributed by atoms with van der Waals surface area (Å²) in [5.74, 6) is -1.83. The van der Waals surface area contributed by atoms with Crippen LogP contribution in [0.5, 0.6) is 0 Å². The molecular formula is C16H16ClF2N. The van der Waals surface area contributed by atoms with Gasteiger partial charge in [0, 0.05) is 11.6 Å². The summed E-state index contributed by atoms with van der Waals surface area (Å²) in [7, 11) is 0. The van der Waals surface area contributed by atoms with Crippen LogP contribution in [0.15, 0.2) is 36.4 Å². The van der Waals surface area contributed by atoms with Crippen molar-refractivity contribution in [1.29, 1.82) is 0 Å². The second-order valence-electron chi connectivity index (χ2n) is 4.61. The van der Waals surface area contributed by atoms with Crippen molar-refractivity contribution in [2.75, 3.05) is 6.54 Å². The molecule has 0 aliphatic rings. The molecule has 0 amide bonds. The van der Waals surface area contributed by atoms with E-state index in [0.717, 1.165) is 29.8 Å². The maximum absolute atomic E-state index is 13.5. The van der Waals surface area contributed by atoms with Crippen molar-refractivity contribution in [3.8, 4) is 11.1 Å². The summed E-state index contributed by atoms with van der Waals surface area (Å²) in [5, 5.41) is 3.51. The van der Waals surface area contributed by atoms with E-state index in [1.165, 1.54) is 0 Å². The molecule has 1 nitrogen and oxygen atoms in total. The van der Waals surface area contributed by atoms with E-state index >= 15 is 0 Å². The van der Waals surface area contributed by atoms with E-state index in [9.17, 15) is 8.78 Å². The zero-order valence-electron chi connectivity index (χ0n) is 11.4. The van der Waals surface area contributed by atoms with Gasteiger partial charge in [-0.2, -0.15) is 0 Å². The lowest BCUT2D eigenvalue weighted by molar-refractivity contribution is 0.509. The number of hydrogen-bond donors (Lipinski definition) is 1. The van der Waals surface area contributed by atoms with Crippen molar-refractivity contribution in [3.63, 3.8) is 0 Å². The Bertz CT molecular complexity index is 613. The topological polar surface area (TPSA) is 12.0 Å². The van der Waals surface area contributed by atoms with E-state index in [2.05, 4.69) is 5.32 Å². The van der Waals surface area contributed by atoms with Gasteiger partial charge in [-0.15, -0.1) is 0 Å². The fourth-order valence-electron chi connectivity index (χ4n) is 2.26. The van der Waals surface area contributed by atoms with E-state index in [-0.39, 0.29) is 11.1 Å². The summed E-state index contributed by atoms with van der Waals surface area (Å²) in [6, 6.07) is 9.86. The van der Waals surface area contributed by atoms with Crippen LogP contribution in [0.1, 0.15) is 25.5 Å². The Morgan fingerprint density at radius 2 is 1.75 bits per heavy atom. The second-order valence-corrected chi connectivity index (χ2v) is 5.02. The first-order chi connectivity index (χ1) is 9.54. The molecule has 0 spiro atoms. The first kappa shape index (κ1) is 14.9. The van der Waals surface area contributed by atoms with Gasteiger partial charge in [-0.1, -0.05) is 42.8 Å². The van der Waals surface area contributed by atoms with Crippen LogP contribution < -0.4 is 5.32 Å². The lowest BCUT2D eigenvalue weighted by atomic mass is 9.95. The highest BCUT2D eigenvalue weighted by Crippen LogP contribution is 2.34. The first-order valence-corrected chi connectivity index (χ1v) is 6.89. The zero-order valence-corrected chi connectivity index (χ0v) is 12.1. The lowest BCUT2D eigenvalue weighted by Crippen LogP contribution is -2.18. The Labute approximate surface area is 122 Å². The Morgan fingerprint density at radius 1 is 1.10 bits per heavy atom. The maximum Gasteiger partial charge on any atom is 0.160 e. The molecule has 0 saturated heterocycles. The second kappa shape index (κ2) is 6.33. The van der Waals surface area contributed by atoms with Crippen molar-refractivity contribution in [3.05, 3.63) is 58.6 Å². The van der Waals surface area contributed by atoms with Gasteiger partial charge < -0.3 is 5.32 Å². The molecular weight excluding hydrogens is 280 g/mol. The Balaban J connectivity index is 2.56. The summed E-state index contributed by atoms with van der Waals surface area (Å²) in [5.41, 5.74) is 2.32. The number of benzene rings is 2. The van der Waals surface area contributed by atoms with E-state index in [1.54, 1.807) is 0 Å². The molecule has 0 aromatic heterocycles. The molecule has 2 rings (SSSR count). The minimum absolute atomic E-state index is 0.0976. The Kier molecular flexibility index (Phi) is 4.73. The van der Waals surface area contributed by atoms with Crippen LogP contribution in [0.2, 0.25) is 5.02 Å². The smallest absolute Gasteiger partial charge is 0.160 e. The first-order valence-electron chi connectivity index (χ1n) is 6.51. The average molecular weight is 296 g/mol. The summed E-state index contributed by atoms with van der Waals surface area (Å²) in [6.07, 6.45) is 0. The zero-order chi connectivity index (χ0) is 14.7. The molecule has 0 aliphatic heterocycles. The van der Waals surface area contributed by atoms with Crippen LogP contribution in [0, 0.1) is 11.6 Å². The molecule has 2 aromatic carbocycles. The normalized spacial score (nSPS) is 12.4. The number of hydrogen-bond acceptors (Lipinski definition) is 1.